The third-order valence-electron chi connectivity index (χ3n) is 6.08. The van der Waals surface area contributed by atoms with E-state index >= 15 is 0 Å². The lowest BCUT2D eigenvalue weighted by atomic mass is 10.1. The molecule has 1 unspecified atom stereocenters. The zero-order chi connectivity index (χ0) is 24.8. The summed E-state index contributed by atoms with van der Waals surface area (Å²) >= 11 is 6.14. The van der Waals surface area contributed by atoms with Crippen LogP contribution >= 0.6 is 11.6 Å². The number of nitrogens with zero attached hydrogens (tertiary/aromatic N) is 3. The molecule has 2 N–H and O–H groups in total. The summed E-state index contributed by atoms with van der Waals surface area (Å²) in [5.74, 6) is -1.38. The van der Waals surface area contributed by atoms with Gasteiger partial charge < -0.3 is 20.1 Å². The van der Waals surface area contributed by atoms with E-state index in [0.717, 1.165) is 12.3 Å². The highest BCUT2D eigenvalue weighted by Gasteiger charge is 2.28. The molecule has 180 valence electrons. The van der Waals surface area contributed by atoms with Crippen LogP contribution in [0.4, 0.5) is 10.1 Å². The number of halogens is 2. The molecule has 0 saturated carbocycles. The first kappa shape index (κ1) is 24.0. The zero-order valence-corrected chi connectivity index (χ0v) is 20.2. The van der Waals surface area contributed by atoms with Gasteiger partial charge in [0.25, 0.3) is 5.91 Å². The highest BCUT2D eigenvalue weighted by atomic mass is 35.5. The molecule has 11 heteroatoms. The van der Waals surface area contributed by atoms with Crippen molar-refractivity contribution in [1.82, 2.24) is 9.47 Å². The summed E-state index contributed by atoms with van der Waals surface area (Å²) < 4.78 is 39.6. The Labute approximate surface area is 201 Å². The van der Waals surface area contributed by atoms with Gasteiger partial charge in [-0.25, -0.2) is 12.8 Å². The van der Waals surface area contributed by atoms with Crippen molar-refractivity contribution in [3.63, 3.8) is 0 Å². The second-order valence-electron chi connectivity index (χ2n) is 8.35. The molecule has 0 spiro atoms. The van der Waals surface area contributed by atoms with Gasteiger partial charge >= 0.3 is 0 Å². The minimum Gasteiger partial charge on any atom is -0.368 e. The number of aromatic nitrogens is 1. The van der Waals surface area contributed by atoms with Crippen LogP contribution < -0.4 is 10.6 Å². The van der Waals surface area contributed by atoms with Gasteiger partial charge in [-0.3, -0.25) is 9.59 Å². The molecule has 8 nitrogen and oxygen atoms in total. The quantitative estimate of drug-likeness (QED) is 0.573. The average molecular weight is 507 g/mol. The lowest BCUT2D eigenvalue weighted by Gasteiger charge is -2.36. The van der Waals surface area contributed by atoms with Gasteiger partial charge in [0.15, 0.2) is 9.84 Å². The van der Waals surface area contributed by atoms with Crippen LogP contribution in [0.15, 0.2) is 47.5 Å². The number of primary amides is 1. The molecule has 0 radical (unpaired) electrons. The topological polar surface area (TPSA) is 106 Å². The number of hydrogen-bond acceptors (Lipinski definition) is 5. The third-order valence-corrected chi connectivity index (χ3v) is 7.45. The van der Waals surface area contributed by atoms with Gasteiger partial charge in [0.2, 0.25) is 5.91 Å². The Balaban J connectivity index is 1.60. The molecular formula is C23H24ClFN4O4S. The molecule has 4 rings (SSSR count). The molecular weight excluding hydrogens is 483 g/mol. The van der Waals surface area contributed by atoms with E-state index in [1.54, 1.807) is 40.8 Å². The predicted octanol–water partition coefficient (Wildman–Crippen LogP) is 2.85. The first-order valence-corrected chi connectivity index (χ1v) is 12.9. The van der Waals surface area contributed by atoms with Crippen molar-refractivity contribution in [3.8, 4) is 0 Å². The number of sulfone groups is 1. The number of hydrogen-bond donors (Lipinski definition) is 1. The molecule has 0 bridgehead atoms. The smallest absolute Gasteiger partial charge is 0.256 e. The van der Waals surface area contributed by atoms with Crippen molar-refractivity contribution in [2.75, 3.05) is 37.3 Å². The highest BCUT2D eigenvalue weighted by molar-refractivity contribution is 7.90. The highest BCUT2D eigenvalue weighted by Crippen LogP contribution is 2.30. The molecule has 2 amide bonds. The van der Waals surface area contributed by atoms with Crippen LogP contribution in [0.1, 0.15) is 23.3 Å². The van der Waals surface area contributed by atoms with Gasteiger partial charge in [-0.15, -0.1) is 0 Å². The average Bonchev–Trinajstić information content (AvgIpc) is 3.16. The molecule has 0 aliphatic carbocycles. The number of anilines is 1. The second-order valence-corrected chi connectivity index (χ2v) is 10.8. The molecule has 2 aromatic carbocycles. The molecule has 1 aromatic heterocycles. The van der Waals surface area contributed by atoms with Crippen molar-refractivity contribution in [1.29, 1.82) is 0 Å². The zero-order valence-electron chi connectivity index (χ0n) is 18.7. The molecule has 2 heterocycles. The molecule has 1 atom stereocenters. The number of carbonyl (C=O) groups is 2. The number of rotatable bonds is 5. The van der Waals surface area contributed by atoms with E-state index in [-0.39, 0.29) is 10.8 Å². The van der Waals surface area contributed by atoms with Gasteiger partial charge in [0.1, 0.15) is 11.9 Å². The number of benzene rings is 2. The van der Waals surface area contributed by atoms with Gasteiger partial charge in [-0.1, -0.05) is 17.7 Å². The summed E-state index contributed by atoms with van der Waals surface area (Å²) in [4.78, 5) is 28.6. The Morgan fingerprint density at radius 2 is 1.76 bits per heavy atom. The Morgan fingerprint density at radius 1 is 1.09 bits per heavy atom. The Bertz CT molecular complexity index is 1400. The molecule has 1 aliphatic rings. The van der Waals surface area contributed by atoms with E-state index in [1.165, 1.54) is 12.1 Å². The Kier molecular flexibility index (Phi) is 6.30. The number of amides is 2. The van der Waals surface area contributed by atoms with Gasteiger partial charge in [-0.2, -0.15) is 0 Å². The fourth-order valence-corrected chi connectivity index (χ4v) is 5.29. The number of piperazine rings is 1. The van der Waals surface area contributed by atoms with Crippen LogP contribution in [-0.4, -0.2) is 62.1 Å². The summed E-state index contributed by atoms with van der Waals surface area (Å²) in [6.07, 6.45) is 2.66. The number of nitrogens with two attached hydrogens (primary N) is 1. The van der Waals surface area contributed by atoms with Gasteiger partial charge in [0.05, 0.1) is 21.7 Å². The van der Waals surface area contributed by atoms with Crippen molar-refractivity contribution >= 4 is 49.8 Å². The van der Waals surface area contributed by atoms with Crippen molar-refractivity contribution < 1.29 is 22.4 Å². The van der Waals surface area contributed by atoms with E-state index in [2.05, 4.69) is 0 Å². The second kappa shape index (κ2) is 8.92. The lowest BCUT2D eigenvalue weighted by Crippen LogP contribution is -2.49. The number of carbonyl (C=O) groups excluding carboxylic acids is 2. The summed E-state index contributed by atoms with van der Waals surface area (Å²) in [7, 11) is -3.63. The van der Waals surface area contributed by atoms with E-state index in [9.17, 15) is 22.4 Å². The maximum Gasteiger partial charge on any atom is 0.256 e. The monoisotopic (exact) mass is 506 g/mol. The minimum atomic E-state index is -3.63. The molecule has 34 heavy (non-hydrogen) atoms. The van der Waals surface area contributed by atoms with Crippen molar-refractivity contribution in [3.05, 3.63) is 59.0 Å². The van der Waals surface area contributed by atoms with Crippen molar-refractivity contribution in [2.45, 2.75) is 17.9 Å². The Hall–Kier alpha value is -3.11. The molecule has 3 aromatic rings. The lowest BCUT2D eigenvalue weighted by molar-refractivity contribution is -0.120. The van der Waals surface area contributed by atoms with Crippen LogP contribution in [0.2, 0.25) is 5.02 Å². The summed E-state index contributed by atoms with van der Waals surface area (Å²) in [6.45, 7) is 3.08. The first-order chi connectivity index (χ1) is 16.0. The standard InChI is InChI=1S/C23H24ClFN4O4S/c1-14(22(26)30)29-13-18(17-5-3-15(24)11-20(17)29)23(31)28-9-7-27(8-10-28)19-6-4-16(25)12-21(19)34(2,32)33/h3-6,11-14H,7-10H2,1-2H3,(H2,26,30). The van der Waals surface area contributed by atoms with Crippen LogP contribution in [-0.2, 0) is 14.6 Å². The molecule has 1 fully saturated rings. The van der Waals surface area contributed by atoms with Gasteiger partial charge in [0, 0.05) is 49.0 Å². The van der Waals surface area contributed by atoms with Crippen LogP contribution in [0.3, 0.4) is 0 Å². The fraction of sp³-hybridized carbons (Fsp3) is 0.304. The minimum absolute atomic E-state index is 0.0762. The van der Waals surface area contributed by atoms with E-state index in [0.29, 0.717) is 53.4 Å². The number of fused-ring (bicyclic) bond motifs is 1. The van der Waals surface area contributed by atoms with Crippen molar-refractivity contribution in [2.24, 2.45) is 5.73 Å². The summed E-state index contributed by atoms with van der Waals surface area (Å²) in [5, 5.41) is 1.12. The molecule has 1 aliphatic heterocycles. The maximum atomic E-state index is 13.7. The van der Waals surface area contributed by atoms with Gasteiger partial charge in [-0.05, 0) is 37.3 Å². The summed E-state index contributed by atoms with van der Waals surface area (Å²) in [5.41, 5.74) is 6.95. The first-order valence-electron chi connectivity index (χ1n) is 10.6. The predicted molar refractivity (Wildman–Crippen MR) is 128 cm³/mol. The Morgan fingerprint density at radius 3 is 2.38 bits per heavy atom. The van der Waals surface area contributed by atoms with E-state index < -0.39 is 27.6 Å². The maximum absolute atomic E-state index is 13.7. The fourth-order valence-electron chi connectivity index (χ4n) is 4.22. The molecule has 1 saturated heterocycles. The van der Waals surface area contributed by atoms with E-state index in [1.807, 2.05) is 4.90 Å². The third kappa shape index (κ3) is 4.47. The summed E-state index contributed by atoms with van der Waals surface area (Å²) in [6, 6.07) is 8.12. The van der Waals surface area contributed by atoms with E-state index in [4.69, 9.17) is 17.3 Å². The van der Waals surface area contributed by atoms with Crippen LogP contribution in [0.5, 0.6) is 0 Å². The normalized spacial score (nSPS) is 15.5. The van der Waals surface area contributed by atoms with Crippen LogP contribution in [0, 0.1) is 5.82 Å². The SMILES string of the molecule is CC(C(N)=O)n1cc(C(=O)N2CCN(c3ccc(F)cc3S(C)(=O)=O)CC2)c2ccc(Cl)cc21. The largest absolute Gasteiger partial charge is 0.368 e. The van der Waals surface area contributed by atoms with Crippen LogP contribution in [0.25, 0.3) is 10.9 Å².